The highest BCUT2D eigenvalue weighted by Crippen LogP contribution is 2.40. The molecule has 1 fully saturated rings. The van der Waals surface area contributed by atoms with Crippen LogP contribution in [-0.4, -0.2) is 43.1 Å². The van der Waals surface area contributed by atoms with Crippen LogP contribution in [0.15, 0.2) is 66.7 Å². The number of ether oxygens (including phenoxy) is 1. The first kappa shape index (κ1) is 24.8. The van der Waals surface area contributed by atoms with Crippen molar-refractivity contribution in [2.24, 2.45) is 0 Å². The largest absolute Gasteiger partial charge is 0.438 e. The van der Waals surface area contributed by atoms with Crippen LogP contribution in [-0.2, 0) is 10.3 Å². The van der Waals surface area contributed by atoms with Gasteiger partial charge in [0, 0.05) is 37.6 Å². The van der Waals surface area contributed by atoms with E-state index in [1.54, 1.807) is 29.2 Å². The molecule has 3 aromatic rings. The molecule has 0 saturated carbocycles. The molecule has 2 atom stereocenters. The second-order valence-electron chi connectivity index (χ2n) is 9.29. The van der Waals surface area contributed by atoms with Crippen LogP contribution in [0.5, 0.6) is 0 Å². The lowest BCUT2D eigenvalue weighted by molar-refractivity contribution is -0.0679. The molecule has 4 nitrogen and oxygen atoms in total. The zero-order chi connectivity index (χ0) is 25.2. The Morgan fingerprint density at radius 3 is 2.23 bits per heavy atom. The molecule has 0 aliphatic carbocycles. The monoisotopic (exact) mass is 482 g/mol. The smallest absolute Gasteiger partial charge is 0.411 e. The van der Waals surface area contributed by atoms with Crippen LogP contribution in [0, 0.1) is 17.5 Å². The van der Waals surface area contributed by atoms with E-state index in [-0.39, 0.29) is 11.9 Å². The average Bonchev–Trinajstić information content (AvgIpc) is 2.83. The third-order valence-electron chi connectivity index (χ3n) is 6.71. The molecule has 1 heterocycles. The molecule has 35 heavy (non-hydrogen) atoms. The minimum absolute atomic E-state index is 0.269. The van der Waals surface area contributed by atoms with E-state index in [0.717, 1.165) is 17.2 Å². The molecule has 0 bridgehead atoms. The van der Waals surface area contributed by atoms with Gasteiger partial charge in [0.15, 0.2) is 0 Å². The van der Waals surface area contributed by atoms with E-state index in [1.165, 1.54) is 24.3 Å². The summed E-state index contributed by atoms with van der Waals surface area (Å²) in [5.74, 6) is -1.58. The third-order valence-corrected chi connectivity index (χ3v) is 6.71. The van der Waals surface area contributed by atoms with Crippen LogP contribution in [0.1, 0.15) is 36.9 Å². The summed E-state index contributed by atoms with van der Waals surface area (Å²) >= 11 is 0. The highest BCUT2D eigenvalue weighted by molar-refractivity contribution is 5.70. The van der Waals surface area contributed by atoms with Crippen LogP contribution in [0.25, 0.3) is 11.1 Å². The van der Waals surface area contributed by atoms with E-state index in [9.17, 15) is 18.0 Å². The Labute approximate surface area is 203 Å². The fraction of sp³-hybridized carbons (Fsp3) is 0.321. The second-order valence-corrected chi connectivity index (χ2v) is 9.29. The van der Waals surface area contributed by atoms with E-state index >= 15 is 0 Å². The minimum Gasteiger partial charge on any atom is -0.438 e. The Morgan fingerprint density at radius 2 is 1.63 bits per heavy atom. The maximum atomic E-state index is 14.2. The number of hydrogen-bond acceptors (Lipinski definition) is 3. The molecule has 0 spiro atoms. The number of carbonyl (C=O) groups is 1. The first-order valence-electron chi connectivity index (χ1n) is 11.6. The predicted molar refractivity (Wildman–Crippen MR) is 129 cm³/mol. The topological polar surface area (TPSA) is 32.8 Å². The maximum absolute atomic E-state index is 14.2. The van der Waals surface area contributed by atoms with Crippen molar-refractivity contribution in [1.29, 1.82) is 0 Å². The molecule has 2 unspecified atom stereocenters. The number of amides is 1. The fourth-order valence-electron chi connectivity index (χ4n) is 4.55. The number of halogens is 3. The number of hydrogen-bond donors (Lipinski definition) is 0. The number of benzene rings is 3. The molecule has 7 heteroatoms. The molecule has 0 aromatic heterocycles. The van der Waals surface area contributed by atoms with Crippen molar-refractivity contribution in [3.05, 3.63) is 95.3 Å². The highest BCUT2D eigenvalue weighted by Gasteiger charge is 2.43. The van der Waals surface area contributed by atoms with Crippen LogP contribution in [0.2, 0.25) is 0 Å². The van der Waals surface area contributed by atoms with E-state index in [1.807, 2.05) is 38.1 Å². The van der Waals surface area contributed by atoms with E-state index in [0.29, 0.717) is 37.1 Å². The summed E-state index contributed by atoms with van der Waals surface area (Å²) in [6.45, 7) is 3.10. The van der Waals surface area contributed by atoms with Gasteiger partial charge in [0.05, 0.1) is 6.04 Å². The maximum Gasteiger partial charge on any atom is 0.411 e. The quantitative estimate of drug-likeness (QED) is 0.384. The molecule has 4 rings (SSSR count). The molecule has 3 aromatic carbocycles. The van der Waals surface area contributed by atoms with Crippen molar-refractivity contribution >= 4 is 6.09 Å². The van der Waals surface area contributed by atoms with Gasteiger partial charge in [0.1, 0.15) is 23.1 Å². The summed E-state index contributed by atoms with van der Waals surface area (Å²) in [4.78, 5) is 16.9. The fourth-order valence-corrected chi connectivity index (χ4v) is 4.55. The zero-order valence-corrected chi connectivity index (χ0v) is 20.1. The van der Waals surface area contributed by atoms with Gasteiger partial charge in [0.2, 0.25) is 0 Å². The van der Waals surface area contributed by atoms with Crippen molar-refractivity contribution in [3.63, 3.8) is 0 Å². The predicted octanol–water partition coefficient (Wildman–Crippen LogP) is 6.52. The van der Waals surface area contributed by atoms with Crippen molar-refractivity contribution in [2.45, 2.75) is 31.4 Å². The Morgan fingerprint density at radius 1 is 0.971 bits per heavy atom. The third kappa shape index (κ3) is 5.35. The molecule has 1 amide bonds. The lowest BCUT2D eigenvalue weighted by Crippen LogP contribution is -2.49. The lowest BCUT2D eigenvalue weighted by Gasteiger charge is -2.44. The van der Waals surface area contributed by atoms with Gasteiger partial charge in [-0.15, -0.1) is 0 Å². The molecule has 1 saturated heterocycles. The second kappa shape index (κ2) is 10.1. The van der Waals surface area contributed by atoms with Crippen molar-refractivity contribution in [2.75, 3.05) is 27.2 Å². The van der Waals surface area contributed by atoms with Crippen LogP contribution in [0.4, 0.5) is 18.0 Å². The summed E-state index contributed by atoms with van der Waals surface area (Å²) in [6, 6.07) is 16.6. The Hall–Kier alpha value is -3.32. The highest BCUT2D eigenvalue weighted by atomic mass is 19.1. The number of cyclic esters (lactones) is 1. The Balaban J connectivity index is 1.52. The molecule has 1 aliphatic rings. The van der Waals surface area contributed by atoms with Crippen molar-refractivity contribution in [1.82, 2.24) is 9.80 Å². The molecule has 0 N–H and O–H groups in total. The zero-order valence-electron chi connectivity index (χ0n) is 20.1. The normalized spacial score (nSPS) is 19.1. The summed E-state index contributed by atoms with van der Waals surface area (Å²) in [5.41, 5.74) is 1.77. The molecule has 1 aliphatic heterocycles. The van der Waals surface area contributed by atoms with Crippen LogP contribution in [0.3, 0.4) is 0 Å². The minimum atomic E-state index is -0.824. The number of rotatable bonds is 7. The van der Waals surface area contributed by atoms with Gasteiger partial charge in [0.25, 0.3) is 0 Å². The molecular weight excluding hydrogens is 453 g/mol. The molecule has 184 valence electrons. The van der Waals surface area contributed by atoms with Gasteiger partial charge in [-0.2, -0.15) is 0 Å². The SMILES string of the molecule is CC(c1ccc(-c2ccc(F)cc2F)cc1)N1CCC(CCN(C)C)(c2ccc(F)cc2)OC1=O. The Kier molecular flexibility index (Phi) is 7.17. The summed E-state index contributed by atoms with van der Waals surface area (Å²) in [6.07, 6.45) is 0.736. The van der Waals surface area contributed by atoms with E-state index in [4.69, 9.17) is 4.74 Å². The van der Waals surface area contributed by atoms with Gasteiger partial charge in [-0.1, -0.05) is 36.4 Å². The average molecular weight is 483 g/mol. The summed E-state index contributed by atoms with van der Waals surface area (Å²) < 4.78 is 47.0. The van der Waals surface area contributed by atoms with Crippen LogP contribution < -0.4 is 0 Å². The molecular formula is C28H29F3N2O2. The van der Waals surface area contributed by atoms with E-state index in [2.05, 4.69) is 0 Å². The van der Waals surface area contributed by atoms with Gasteiger partial charge >= 0.3 is 6.09 Å². The van der Waals surface area contributed by atoms with Gasteiger partial charge in [-0.25, -0.2) is 18.0 Å². The van der Waals surface area contributed by atoms with Crippen molar-refractivity contribution < 1.29 is 22.7 Å². The number of nitrogens with zero attached hydrogens (tertiary/aromatic N) is 2. The van der Waals surface area contributed by atoms with E-state index < -0.39 is 23.3 Å². The van der Waals surface area contributed by atoms with Gasteiger partial charge in [-0.3, -0.25) is 0 Å². The number of carbonyl (C=O) groups excluding carboxylic acids is 1. The first-order valence-corrected chi connectivity index (χ1v) is 11.6. The summed E-state index contributed by atoms with van der Waals surface area (Å²) in [5, 5.41) is 0. The summed E-state index contributed by atoms with van der Waals surface area (Å²) in [7, 11) is 3.91. The van der Waals surface area contributed by atoms with Gasteiger partial charge in [-0.05, 0) is 62.0 Å². The lowest BCUT2D eigenvalue weighted by atomic mass is 9.85. The molecule has 0 radical (unpaired) electrons. The van der Waals surface area contributed by atoms with Crippen LogP contribution >= 0.6 is 0 Å². The van der Waals surface area contributed by atoms with Crippen molar-refractivity contribution in [3.8, 4) is 11.1 Å². The first-order chi connectivity index (χ1) is 16.7. The Bertz CT molecular complexity index is 1180. The van der Waals surface area contributed by atoms with Gasteiger partial charge < -0.3 is 14.5 Å². The standard InChI is InChI=1S/C28H29F3N2O2/c1-19(20-4-6-21(7-5-20)25-13-12-24(30)18-26(25)31)33-17-15-28(35-27(33)34,14-16-32(2)3)22-8-10-23(29)11-9-22/h4-13,18-19H,14-17H2,1-3H3.